The van der Waals surface area contributed by atoms with Crippen molar-refractivity contribution < 1.29 is 19.1 Å². The van der Waals surface area contributed by atoms with Gasteiger partial charge in [-0.15, -0.1) is 0 Å². The number of carbonyl (C=O) groups is 2. The molecule has 0 aromatic heterocycles. The zero-order valence-electron chi connectivity index (χ0n) is 23.0. The van der Waals surface area contributed by atoms with Crippen LogP contribution in [0.2, 0.25) is 0 Å². The monoisotopic (exact) mass is 530 g/mol. The lowest BCUT2D eigenvalue weighted by Gasteiger charge is -2.58. The Morgan fingerprint density at radius 1 is 0.500 bits per heavy atom. The van der Waals surface area contributed by atoms with Crippen molar-refractivity contribution in [1.29, 1.82) is 0 Å². The van der Waals surface area contributed by atoms with Crippen molar-refractivity contribution in [3.63, 3.8) is 0 Å². The molecule has 4 nitrogen and oxygen atoms in total. The van der Waals surface area contributed by atoms with Crippen molar-refractivity contribution in [2.75, 3.05) is 0 Å². The predicted octanol–water partition coefficient (Wildman–Crippen LogP) is 8.37. The molecule has 0 saturated heterocycles. The van der Waals surface area contributed by atoms with Crippen LogP contribution >= 0.6 is 0 Å². The van der Waals surface area contributed by atoms with E-state index in [1.54, 1.807) is 0 Å². The molecule has 202 valence electrons. The number of hydrogen-bond acceptors (Lipinski definition) is 4. The van der Waals surface area contributed by atoms with E-state index in [-0.39, 0.29) is 22.8 Å². The van der Waals surface area contributed by atoms with Gasteiger partial charge in [0.25, 0.3) is 0 Å². The van der Waals surface area contributed by atoms with Gasteiger partial charge in [-0.3, -0.25) is 0 Å². The standard InChI is InChI=1S/C36H34O4/c1-35-21-23-36(2,24-22-35)32(40-34(38)30-19-15-28(16-20-30)26-11-7-4-8-12-26)31(35)39-33(37)29-17-13-27(14-18-29)25-9-5-3-6-10-25/h3-20,31-32H,21-24H2,1-2H3. The normalized spacial score (nSPS) is 25.2. The molecule has 3 aliphatic rings. The van der Waals surface area contributed by atoms with Gasteiger partial charge in [-0.1, -0.05) is 98.8 Å². The van der Waals surface area contributed by atoms with Crippen LogP contribution in [-0.2, 0) is 9.47 Å². The van der Waals surface area contributed by atoms with Crippen molar-refractivity contribution in [3.8, 4) is 22.3 Å². The second-order valence-electron chi connectivity index (χ2n) is 11.8. The molecule has 0 amide bonds. The van der Waals surface area contributed by atoms with E-state index in [2.05, 4.69) is 13.8 Å². The molecule has 4 aromatic carbocycles. The fourth-order valence-corrected chi connectivity index (χ4v) is 6.33. The molecule has 4 aromatic rings. The fourth-order valence-electron chi connectivity index (χ4n) is 6.33. The summed E-state index contributed by atoms with van der Waals surface area (Å²) >= 11 is 0. The highest BCUT2D eigenvalue weighted by Crippen LogP contribution is 2.58. The van der Waals surface area contributed by atoms with Crippen LogP contribution in [-0.4, -0.2) is 24.1 Å². The Morgan fingerprint density at radius 2 is 0.800 bits per heavy atom. The van der Waals surface area contributed by atoms with E-state index < -0.39 is 12.2 Å². The van der Waals surface area contributed by atoms with E-state index in [9.17, 15) is 9.59 Å². The molecular formula is C36H34O4. The number of rotatable bonds is 6. The minimum Gasteiger partial charge on any atom is -0.454 e. The maximum atomic E-state index is 13.4. The van der Waals surface area contributed by atoms with Crippen molar-refractivity contribution in [3.05, 3.63) is 120 Å². The van der Waals surface area contributed by atoms with Gasteiger partial charge in [-0.2, -0.15) is 0 Å². The second kappa shape index (κ2) is 10.4. The van der Waals surface area contributed by atoms with E-state index in [0.29, 0.717) is 11.1 Å². The topological polar surface area (TPSA) is 52.6 Å². The lowest BCUT2D eigenvalue weighted by Crippen LogP contribution is -2.61. The third-order valence-corrected chi connectivity index (χ3v) is 9.11. The Balaban J connectivity index is 1.21. The summed E-state index contributed by atoms with van der Waals surface area (Å²) in [5.74, 6) is -0.759. The van der Waals surface area contributed by atoms with Crippen molar-refractivity contribution in [1.82, 2.24) is 0 Å². The molecule has 2 atom stereocenters. The van der Waals surface area contributed by atoms with E-state index >= 15 is 0 Å². The molecular weight excluding hydrogens is 496 g/mol. The third-order valence-electron chi connectivity index (χ3n) is 9.11. The average Bonchev–Trinajstić information content (AvgIpc) is 3.01. The number of hydrogen-bond donors (Lipinski definition) is 0. The van der Waals surface area contributed by atoms with E-state index in [4.69, 9.17) is 9.47 Å². The van der Waals surface area contributed by atoms with Gasteiger partial charge in [0.05, 0.1) is 11.1 Å². The minimum absolute atomic E-state index is 0.237. The number of fused-ring (bicyclic) bond motifs is 3. The molecule has 0 aliphatic heterocycles. The molecule has 0 N–H and O–H groups in total. The maximum Gasteiger partial charge on any atom is 0.338 e. The van der Waals surface area contributed by atoms with E-state index in [1.165, 1.54) is 0 Å². The zero-order valence-corrected chi connectivity index (χ0v) is 23.0. The van der Waals surface area contributed by atoms with Gasteiger partial charge in [0, 0.05) is 10.8 Å². The lowest BCUT2D eigenvalue weighted by molar-refractivity contribution is -0.191. The van der Waals surface area contributed by atoms with Gasteiger partial charge >= 0.3 is 11.9 Å². The summed E-state index contributed by atoms with van der Waals surface area (Å²) in [6, 6.07) is 35.1. The fraction of sp³-hybridized carbons (Fsp3) is 0.278. The minimum atomic E-state index is -0.506. The summed E-state index contributed by atoms with van der Waals surface area (Å²) in [6.45, 7) is 4.33. The molecule has 3 fully saturated rings. The summed E-state index contributed by atoms with van der Waals surface area (Å²) in [4.78, 5) is 26.8. The Hall–Kier alpha value is -4.18. The first-order chi connectivity index (χ1) is 19.3. The summed E-state index contributed by atoms with van der Waals surface area (Å²) < 4.78 is 12.5. The summed E-state index contributed by atoms with van der Waals surface area (Å²) in [6.07, 6.45) is 2.74. The lowest BCUT2D eigenvalue weighted by atomic mass is 9.52. The summed E-state index contributed by atoms with van der Waals surface area (Å²) in [5, 5.41) is 0. The van der Waals surface area contributed by atoms with Crippen LogP contribution in [0.25, 0.3) is 22.3 Å². The largest absolute Gasteiger partial charge is 0.454 e. The molecule has 2 unspecified atom stereocenters. The van der Waals surface area contributed by atoms with Gasteiger partial charge in [0.2, 0.25) is 0 Å². The molecule has 3 aliphatic carbocycles. The highest BCUT2D eigenvalue weighted by atomic mass is 16.6. The van der Waals surface area contributed by atoms with Crippen LogP contribution in [0.1, 0.15) is 60.2 Å². The zero-order chi connectivity index (χ0) is 27.7. The van der Waals surface area contributed by atoms with E-state index in [0.717, 1.165) is 47.9 Å². The highest BCUT2D eigenvalue weighted by molar-refractivity contribution is 5.91. The first-order valence-corrected chi connectivity index (χ1v) is 14.1. The van der Waals surface area contributed by atoms with E-state index in [1.807, 2.05) is 109 Å². The van der Waals surface area contributed by atoms with Crippen LogP contribution in [0.4, 0.5) is 0 Å². The number of benzene rings is 4. The molecule has 40 heavy (non-hydrogen) atoms. The molecule has 0 spiro atoms. The third kappa shape index (κ3) is 4.95. The van der Waals surface area contributed by atoms with Crippen LogP contribution in [0.15, 0.2) is 109 Å². The molecule has 7 rings (SSSR count). The van der Waals surface area contributed by atoms with Crippen LogP contribution in [0, 0.1) is 10.8 Å². The van der Waals surface area contributed by atoms with Crippen molar-refractivity contribution in [2.45, 2.75) is 51.7 Å². The van der Waals surface area contributed by atoms with Gasteiger partial charge in [-0.05, 0) is 72.2 Å². The number of ether oxygens (including phenoxy) is 2. The summed E-state index contributed by atoms with van der Waals surface area (Å²) in [5.41, 5.74) is 4.79. The Morgan fingerprint density at radius 3 is 1.12 bits per heavy atom. The SMILES string of the molecule is CC12CCC(C)(CC1)C(OC(=O)c1ccc(-c3ccccc3)cc1)C2OC(=O)c1ccc(-c2ccccc2)cc1. The molecule has 0 radical (unpaired) electrons. The Labute approximate surface area is 236 Å². The quantitative estimate of drug-likeness (QED) is 0.235. The molecule has 0 heterocycles. The molecule has 4 heteroatoms. The smallest absolute Gasteiger partial charge is 0.338 e. The number of esters is 2. The van der Waals surface area contributed by atoms with Gasteiger partial charge in [0.15, 0.2) is 0 Å². The number of carbonyl (C=O) groups excluding carboxylic acids is 2. The highest BCUT2D eigenvalue weighted by Gasteiger charge is 2.60. The first-order valence-electron chi connectivity index (χ1n) is 14.1. The Kier molecular flexibility index (Phi) is 6.79. The summed E-state index contributed by atoms with van der Waals surface area (Å²) in [7, 11) is 0. The van der Waals surface area contributed by atoms with Crippen molar-refractivity contribution in [2.24, 2.45) is 10.8 Å². The van der Waals surface area contributed by atoms with Gasteiger partial charge in [0.1, 0.15) is 12.2 Å². The second-order valence-corrected chi connectivity index (χ2v) is 11.8. The van der Waals surface area contributed by atoms with Crippen LogP contribution < -0.4 is 0 Å². The molecule has 2 bridgehead atoms. The van der Waals surface area contributed by atoms with Crippen LogP contribution in [0.3, 0.4) is 0 Å². The predicted molar refractivity (Wildman–Crippen MR) is 157 cm³/mol. The van der Waals surface area contributed by atoms with Gasteiger partial charge < -0.3 is 9.47 Å². The van der Waals surface area contributed by atoms with Gasteiger partial charge in [-0.25, -0.2) is 9.59 Å². The Bertz CT molecular complexity index is 1370. The average molecular weight is 531 g/mol. The molecule has 3 saturated carbocycles. The van der Waals surface area contributed by atoms with Crippen molar-refractivity contribution >= 4 is 11.9 Å². The maximum absolute atomic E-state index is 13.4. The van der Waals surface area contributed by atoms with Crippen LogP contribution in [0.5, 0.6) is 0 Å². The first kappa shape index (κ1) is 26.1.